The summed E-state index contributed by atoms with van der Waals surface area (Å²) in [5, 5.41) is 0. The molecule has 0 saturated heterocycles. The molecule has 0 spiro atoms. The van der Waals surface area contributed by atoms with E-state index >= 15 is 0 Å². The monoisotopic (exact) mass is 193 g/mol. The minimum absolute atomic E-state index is 0.147. The van der Waals surface area contributed by atoms with Gasteiger partial charge in [-0.1, -0.05) is 20.8 Å². The highest BCUT2D eigenvalue weighted by molar-refractivity contribution is 5.14. The lowest BCUT2D eigenvalue weighted by molar-refractivity contribution is 0.453. The average Bonchev–Trinajstić information content (AvgIpc) is 2.45. The van der Waals surface area contributed by atoms with Gasteiger partial charge in [-0.15, -0.1) is 0 Å². The van der Waals surface area contributed by atoms with Gasteiger partial charge < -0.3 is 10.3 Å². The second-order valence-corrected chi connectivity index (χ2v) is 5.24. The first-order valence-electron chi connectivity index (χ1n) is 5.29. The Balaban J connectivity index is 2.32. The zero-order valence-electron chi connectivity index (χ0n) is 9.25. The van der Waals surface area contributed by atoms with Crippen LogP contribution in [0.1, 0.15) is 38.7 Å². The molecular weight excluding hydrogens is 174 g/mol. The summed E-state index contributed by atoms with van der Waals surface area (Å²) < 4.78 is 2.22. The standard InChI is InChI=1S/C11H19N3/c1-11(2,3)9-7-14-6-8(12)4-5-10(14)13-9/h7-8H,4-6,12H2,1-3H3/t8-/m0/s1. The van der Waals surface area contributed by atoms with Crippen molar-refractivity contribution < 1.29 is 0 Å². The van der Waals surface area contributed by atoms with Crippen molar-refractivity contribution in [1.29, 1.82) is 0 Å². The summed E-state index contributed by atoms with van der Waals surface area (Å²) in [6, 6.07) is 0.310. The van der Waals surface area contributed by atoms with Crippen molar-refractivity contribution in [3.8, 4) is 0 Å². The van der Waals surface area contributed by atoms with Crippen LogP contribution in [0, 0.1) is 0 Å². The molecule has 1 aromatic rings. The number of fused-ring (bicyclic) bond motifs is 1. The molecule has 78 valence electrons. The first kappa shape index (κ1) is 9.71. The third-order valence-corrected chi connectivity index (χ3v) is 2.80. The highest BCUT2D eigenvalue weighted by Gasteiger charge is 2.22. The minimum atomic E-state index is 0.147. The lowest BCUT2D eigenvalue weighted by Crippen LogP contribution is -2.31. The maximum absolute atomic E-state index is 5.92. The van der Waals surface area contributed by atoms with Crippen LogP contribution in [-0.2, 0) is 18.4 Å². The molecule has 1 aromatic heterocycles. The predicted molar refractivity (Wildman–Crippen MR) is 57.2 cm³/mol. The Morgan fingerprint density at radius 2 is 2.21 bits per heavy atom. The van der Waals surface area contributed by atoms with E-state index in [1.165, 1.54) is 11.5 Å². The largest absolute Gasteiger partial charge is 0.333 e. The van der Waals surface area contributed by atoms with Gasteiger partial charge in [0.2, 0.25) is 0 Å². The summed E-state index contributed by atoms with van der Waals surface area (Å²) in [5.74, 6) is 1.21. The lowest BCUT2D eigenvalue weighted by atomic mass is 9.93. The Kier molecular flexibility index (Phi) is 2.14. The van der Waals surface area contributed by atoms with Crippen molar-refractivity contribution >= 4 is 0 Å². The molecule has 0 unspecified atom stereocenters. The van der Waals surface area contributed by atoms with Crippen molar-refractivity contribution in [2.75, 3.05) is 0 Å². The van der Waals surface area contributed by atoms with Crippen molar-refractivity contribution in [2.24, 2.45) is 5.73 Å². The Bertz CT molecular complexity index is 333. The Labute approximate surface area is 85.3 Å². The van der Waals surface area contributed by atoms with Crippen LogP contribution in [0.5, 0.6) is 0 Å². The molecule has 0 fully saturated rings. The van der Waals surface area contributed by atoms with E-state index in [-0.39, 0.29) is 5.41 Å². The Morgan fingerprint density at radius 1 is 1.50 bits per heavy atom. The third-order valence-electron chi connectivity index (χ3n) is 2.80. The predicted octanol–water partition coefficient (Wildman–Crippen LogP) is 1.45. The van der Waals surface area contributed by atoms with Gasteiger partial charge in [-0.2, -0.15) is 0 Å². The van der Waals surface area contributed by atoms with Gasteiger partial charge in [-0.3, -0.25) is 0 Å². The molecule has 0 aliphatic carbocycles. The second kappa shape index (κ2) is 3.09. The quantitative estimate of drug-likeness (QED) is 0.678. The molecule has 1 aliphatic heterocycles. The molecule has 0 bridgehead atoms. The van der Waals surface area contributed by atoms with Crippen LogP contribution in [-0.4, -0.2) is 15.6 Å². The molecular formula is C11H19N3. The second-order valence-electron chi connectivity index (χ2n) is 5.24. The molecule has 2 N–H and O–H groups in total. The number of aromatic nitrogens is 2. The van der Waals surface area contributed by atoms with Gasteiger partial charge in [-0.25, -0.2) is 4.98 Å². The first-order chi connectivity index (χ1) is 6.47. The molecule has 0 radical (unpaired) electrons. The van der Waals surface area contributed by atoms with Crippen molar-refractivity contribution in [1.82, 2.24) is 9.55 Å². The number of aryl methyl sites for hydroxylation is 1. The van der Waals surface area contributed by atoms with Gasteiger partial charge in [0.1, 0.15) is 5.82 Å². The van der Waals surface area contributed by atoms with E-state index < -0.39 is 0 Å². The van der Waals surface area contributed by atoms with Crippen LogP contribution < -0.4 is 5.73 Å². The molecule has 0 saturated carbocycles. The highest BCUT2D eigenvalue weighted by atomic mass is 15.1. The van der Waals surface area contributed by atoms with E-state index in [2.05, 4.69) is 36.5 Å². The fraction of sp³-hybridized carbons (Fsp3) is 0.727. The fourth-order valence-electron chi connectivity index (χ4n) is 1.83. The summed E-state index contributed by atoms with van der Waals surface area (Å²) >= 11 is 0. The number of nitrogens with zero attached hydrogens (tertiary/aromatic N) is 2. The molecule has 3 heteroatoms. The van der Waals surface area contributed by atoms with E-state index in [4.69, 9.17) is 5.73 Å². The van der Waals surface area contributed by atoms with Crippen LogP contribution in [0.4, 0.5) is 0 Å². The number of rotatable bonds is 0. The number of imidazole rings is 1. The van der Waals surface area contributed by atoms with E-state index in [1.54, 1.807) is 0 Å². The fourth-order valence-corrected chi connectivity index (χ4v) is 1.83. The summed E-state index contributed by atoms with van der Waals surface area (Å²) in [5.41, 5.74) is 7.25. The minimum Gasteiger partial charge on any atom is -0.333 e. The molecule has 14 heavy (non-hydrogen) atoms. The molecule has 0 amide bonds. The molecule has 1 atom stereocenters. The SMILES string of the molecule is CC(C)(C)c1cn2c(n1)CC[C@H](N)C2. The van der Waals surface area contributed by atoms with E-state index in [0.29, 0.717) is 6.04 Å². The summed E-state index contributed by atoms with van der Waals surface area (Å²) in [4.78, 5) is 4.66. The highest BCUT2D eigenvalue weighted by Crippen LogP contribution is 2.23. The van der Waals surface area contributed by atoms with Gasteiger partial charge in [0.15, 0.2) is 0 Å². The van der Waals surface area contributed by atoms with E-state index in [0.717, 1.165) is 19.4 Å². The van der Waals surface area contributed by atoms with Crippen LogP contribution in [0.15, 0.2) is 6.20 Å². The normalized spacial score (nSPS) is 22.1. The average molecular weight is 193 g/mol. The number of hydrogen-bond acceptors (Lipinski definition) is 2. The zero-order valence-corrected chi connectivity index (χ0v) is 9.25. The van der Waals surface area contributed by atoms with Crippen molar-refractivity contribution in [3.05, 3.63) is 17.7 Å². The van der Waals surface area contributed by atoms with Crippen LogP contribution >= 0.6 is 0 Å². The van der Waals surface area contributed by atoms with Crippen molar-refractivity contribution in [2.45, 2.75) is 51.6 Å². The molecule has 2 rings (SSSR count). The topological polar surface area (TPSA) is 43.8 Å². The number of nitrogens with two attached hydrogens (primary N) is 1. The van der Waals surface area contributed by atoms with E-state index in [1.807, 2.05) is 0 Å². The number of hydrogen-bond donors (Lipinski definition) is 1. The molecule has 2 heterocycles. The summed E-state index contributed by atoms with van der Waals surface area (Å²) in [6.45, 7) is 7.52. The van der Waals surface area contributed by atoms with Crippen LogP contribution in [0.2, 0.25) is 0 Å². The Morgan fingerprint density at radius 3 is 2.86 bits per heavy atom. The van der Waals surface area contributed by atoms with Gasteiger partial charge >= 0.3 is 0 Å². The van der Waals surface area contributed by atoms with Gasteiger partial charge in [0.25, 0.3) is 0 Å². The molecule has 1 aliphatic rings. The van der Waals surface area contributed by atoms with Gasteiger partial charge in [0.05, 0.1) is 5.69 Å². The molecule has 0 aromatic carbocycles. The smallest absolute Gasteiger partial charge is 0.109 e. The summed E-state index contributed by atoms with van der Waals surface area (Å²) in [7, 11) is 0. The molecule has 3 nitrogen and oxygen atoms in total. The van der Waals surface area contributed by atoms with Gasteiger partial charge in [-0.05, 0) is 6.42 Å². The van der Waals surface area contributed by atoms with Crippen LogP contribution in [0.25, 0.3) is 0 Å². The summed E-state index contributed by atoms with van der Waals surface area (Å²) in [6.07, 6.45) is 4.26. The van der Waals surface area contributed by atoms with E-state index in [9.17, 15) is 0 Å². The lowest BCUT2D eigenvalue weighted by Gasteiger charge is -2.19. The first-order valence-corrected chi connectivity index (χ1v) is 5.29. The van der Waals surface area contributed by atoms with Gasteiger partial charge in [0, 0.05) is 30.6 Å². The van der Waals surface area contributed by atoms with Crippen molar-refractivity contribution in [3.63, 3.8) is 0 Å². The Hall–Kier alpha value is -0.830. The van der Waals surface area contributed by atoms with Crippen LogP contribution in [0.3, 0.4) is 0 Å². The third kappa shape index (κ3) is 1.69. The zero-order chi connectivity index (χ0) is 10.3. The maximum Gasteiger partial charge on any atom is 0.109 e. The maximum atomic E-state index is 5.92.